The van der Waals surface area contributed by atoms with Crippen LogP contribution >= 0.6 is 0 Å². The first-order chi connectivity index (χ1) is 13.4. The first kappa shape index (κ1) is 18.1. The number of anilines is 2. The Kier molecular flexibility index (Phi) is 4.34. The normalized spacial score (nSPS) is 19.1. The van der Waals surface area contributed by atoms with E-state index in [1.54, 1.807) is 4.31 Å². The van der Waals surface area contributed by atoms with Crippen molar-refractivity contribution in [3.8, 4) is 0 Å². The minimum Gasteiger partial charge on any atom is -0.478 e. The van der Waals surface area contributed by atoms with Gasteiger partial charge in [0.1, 0.15) is 0 Å². The Morgan fingerprint density at radius 1 is 1.18 bits per heavy atom. The average Bonchev–Trinajstić information content (AvgIpc) is 2.63. The lowest BCUT2D eigenvalue weighted by Crippen LogP contribution is -2.53. The third-order valence-electron chi connectivity index (χ3n) is 4.92. The van der Waals surface area contributed by atoms with Crippen molar-refractivity contribution in [3.63, 3.8) is 0 Å². The maximum atomic E-state index is 13.3. The zero-order valence-electron chi connectivity index (χ0n) is 14.5. The topological polar surface area (TPSA) is 121 Å². The molecular weight excluding hydrogens is 386 g/mol. The molecule has 1 saturated carbocycles. The number of rotatable bonds is 4. The number of carboxylic acid groups (broad SMARTS) is 1. The summed E-state index contributed by atoms with van der Waals surface area (Å²) in [6, 6.07) is 9.37. The summed E-state index contributed by atoms with van der Waals surface area (Å²) in [6.45, 7) is 0. The van der Waals surface area contributed by atoms with Crippen molar-refractivity contribution in [2.24, 2.45) is 0 Å². The number of carboxylic acids is 1. The van der Waals surface area contributed by atoms with E-state index >= 15 is 0 Å². The van der Waals surface area contributed by atoms with Crippen molar-refractivity contribution < 1.29 is 23.8 Å². The van der Waals surface area contributed by atoms with Gasteiger partial charge in [-0.05, 0) is 49.6 Å². The first-order valence-corrected chi connectivity index (χ1v) is 9.62. The minimum atomic E-state index is -1.87. The Bertz CT molecular complexity index is 1020. The summed E-state index contributed by atoms with van der Waals surface area (Å²) in [5.74, 6) is -1.75. The number of carbonyl (C=O) groups is 2. The Labute approximate surface area is 162 Å². The summed E-state index contributed by atoms with van der Waals surface area (Å²) in [6.07, 6.45) is 2.59. The van der Waals surface area contributed by atoms with Crippen molar-refractivity contribution >= 4 is 40.1 Å². The van der Waals surface area contributed by atoms with E-state index in [2.05, 4.69) is 0 Å². The van der Waals surface area contributed by atoms with Crippen molar-refractivity contribution in [2.45, 2.75) is 25.3 Å². The van der Waals surface area contributed by atoms with Crippen LogP contribution in [0.25, 0.3) is 0 Å². The van der Waals surface area contributed by atoms with Crippen LogP contribution in [-0.4, -0.2) is 32.2 Å². The zero-order chi connectivity index (χ0) is 20.0. The number of fused-ring (bicyclic) bond motifs is 1. The van der Waals surface area contributed by atoms with Gasteiger partial charge in [0.2, 0.25) is 11.2 Å². The number of benzene rings is 2. The molecule has 1 fully saturated rings. The molecule has 9 nitrogen and oxygen atoms in total. The molecule has 2 aliphatic rings. The molecule has 1 N–H and O–H groups in total. The van der Waals surface area contributed by atoms with Crippen LogP contribution in [0.5, 0.6) is 0 Å². The lowest BCUT2D eigenvalue weighted by Gasteiger charge is -2.43. The largest absolute Gasteiger partial charge is 0.478 e. The molecule has 1 amide bonds. The summed E-state index contributed by atoms with van der Waals surface area (Å²) in [7, 11) is 0. The monoisotopic (exact) mass is 401 g/mol. The van der Waals surface area contributed by atoms with Gasteiger partial charge in [0.25, 0.3) is 11.6 Å². The molecule has 0 spiro atoms. The molecule has 0 bridgehead atoms. The average molecular weight is 401 g/mol. The van der Waals surface area contributed by atoms with E-state index in [4.69, 9.17) is 5.11 Å². The lowest BCUT2D eigenvalue weighted by molar-refractivity contribution is -0.384. The summed E-state index contributed by atoms with van der Waals surface area (Å²) < 4.78 is 15.9. The first-order valence-electron chi connectivity index (χ1n) is 8.56. The molecule has 0 saturated heterocycles. The molecule has 1 atom stereocenters. The number of nitro groups is 1. The zero-order valence-corrected chi connectivity index (χ0v) is 15.3. The van der Waals surface area contributed by atoms with Crippen molar-refractivity contribution in [1.82, 2.24) is 0 Å². The Balaban J connectivity index is 1.83. The lowest BCUT2D eigenvalue weighted by atomic mass is 9.92. The molecule has 1 heterocycles. The molecule has 1 aliphatic carbocycles. The third kappa shape index (κ3) is 2.82. The number of non-ortho nitro benzene ring substituents is 1. The fraction of sp³-hybridized carbons (Fsp3) is 0.222. The van der Waals surface area contributed by atoms with Crippen LogP contribution in [0.15, 0.2) is 42.5 Å². The van der Waals surface area contributed by atoms with Gasteiger partial charge in [-0.15, -0.1) is 0 Å². The van der Waals surface area contributed by atoms with E-state index in [9.17, 15) is 23.9 Å². The van der Waals surface area contributed by atoms with Gasteiger partial charge >= 0.3 is 5.97 Å². The third-order valence-corrected chi connectivity index (χ3v) is 6.44. The highest BCUT2D eigenvalue weighted by molar-refractivity contribution is 7.89. The van der Waals surface area contributed by atoms with E-state index in [0.29, 0.717) is 5.69 Å². The number of aromatic carboxylic acids is 1. The number of hydrogen-bond acceptors (Lipinski definition) is 5. The second-order valence-corrected chi connectivity index (χ2v) is 7.77. The Morgan fingerprint density at radius 3 is 2.39 bits per heavy atom. The quantitative estimate of drug-likeness (QED) is 0.621. The standard InChI is InChI=1S/C18H15N3O6S/c22-17-15-10-14(21(25)26)8-9-16(15)19(12-2-1-3-12)28(27)20(17)13-6-4-11(5-7-13)18(23)24/h4-10,12H,1-3H2,(H,23,24). The van der Waals surface area contributed by atoms with E-state index < -0.39 is 28.0 Å². The van der Waals surface area contributed by atoms with Crippen LogP contribution in [0.3, 0.4) is 0 Å². The van der Waals surface area contributed by atoms with Crippen LogP contribution in [0.4, 0.5) is 17.1 Å². The molecule has 0 aromatic heterocycles. The second kappa shape index (κ2) is 6.71. The smallest absolute Gasteiger partial charge is 0.335 e. The number of carbonyl (C=O) groups excluding carboxylic acids is 1. The van der Waals surface area contributed by atoms with Gasteiger partial charge in [0.05, 0.1) is 27.4 Å². The molecule has 2 aromatic rings. The number of nitrogens with zero attached hydrogens (tertiary/aromatic N) is 3. The molecule has 1 aliphatic heterocycles. The van der Waals surface area contributed by atoms with Gasteiger partial charge < -0.3 is 5.11 Å². The van der Waals surface area contributed by atoms with E-state index in [0.717, 1.165) is 23.6 Å². The fourth-order valence-corrected chi connectivity index (χ4v) is 4.76. The minimum absolute atomic E-state index is 0.0325. The summed E-state index contributed by atoms with van der Waals surface area (Å²) in [4.78, 5) is 34.7. The number of hydrogen-bond donors (Lipinski definition) is 1. The van der Waals surface area contributed by atoms with Crippen LogP contribution in [-0.2, 0) is 11.2 Å². The van der Waals surface area contributed by atoms with E-state index in [1.165, 1.54) is 42.5 Å². The number of nitro benzene ring substituents is 1. The molecule has 28 heavy (non-hydrogen) atoms. The van der Waals surface area contributed by atoms with Gasteiger partial charge in [-0.2, -0.15) is 0 Å². The molecule has 4 rings (SSSR count). The molecule has 144 valence electrons. The Morgan fingerprint density at radius 2 is 1.86 bits per heavy atom. The molecule has 10 heteroatoms. The van der Waals surface area contributed by atoms with Crippen LogP contribution in [0.2, 0.25) is 0 Å². The van der Waals surface area contributed by atoms with E-state index in [-0.39, 0.29) is 28.5 Å². The van der Waals surface area contributed by atoms with Crippen LogP contribution < -0.4 is 8.61 Å². The van der Waals surface area contributed by atoms with Gasteiger partial charge in [0, 0.05) is 18.2 Å². The van der Waals surface area contributed by atoms with Crippen LogP contribution in [0, 0.1) is 10.1 Å². The van der Waals surface area contributed by atoms with Gasteiger partial charge in [0.15, 0.2) is 0 Å². The predicted octanol–water partition coefficient (Wildman–Crippen LogP) is 2.89. The maximum Gasteiger partial charge on any atom is 0.335 e. The van der Waals surface area contributed by atoms with Gasteiger partial charge in [-0.1, -0.05) is 0 Å². The highest BCUT2D eigenvalue weighted by Crippen LogP contribution is 2.40. The highest BCUT2D eigenvalue weighted by atomic mass is 32.2. The van der Waals surface area contributed by atoms with Crippen LogP contribution in [0.1, 0.15) is 40.0 Å². The van der Waals surface area contributed by atoms with Gasteiger partial charge in [-0.25, -0.2) is 13.3 Å². The van der Waals surface area contributed by atoms with Crippen molar-refractivity contribution in [3.05, 3.63) is 63.7 Å². The molecule has 1 unspecified atom stereocenters. The Hall–Kier alpha value is -3.27. The highest BCUT2D eigenvalue weighted by Gasteiger charge is 2.42. The SMILES string of the molecule is O=C(O)c1ccc(N2C(=O)c3cc([N+](=O)[O-])ccc3N(C3CCC3)S2=O)cc1. The van der Waals surface area contributed by atoms with E-state index in [1.807, 2.05) is 0 Å². The molecule has 2 aromatic carbocycles. The number of amides is 1. The van der Waals surface area contributed by atoms with Crippen molar-refractivity contribution in [1.29, 1.82) is 0 Å². The predicted molar refractivity (Wildman–Crippen MR) is 102 cm³/mol. The second-order valence-electron chi connectivity index (χ2n) is 6.55. The summed E-state index contributed by atoms with van der Waals surface area (Å²) in [5, 5.41) is 20.2. The molecular formula is C18H15N3O6S. The fourth-order valence-electron chi connectivity index (χ4n) is 3.25. The summed E-state index contributed by atoms with van der Waals surface area (Å²) in [5.41, 5.74) is 0.579. The van der Waals surface area contributed by atoms with Crippen molar-refractivity contribution in [2.75, 3.05) is 8.61 Å². The summed E-state index contributed by atoms with van der Waals surface area (Å²) >= 11 is -1.87. The molecule has 0 radical (unpaired) electrons. The van der Waals surface area contributed by atoms with Gasteiger partial charge in [-0.3, -0.25) is 19.2 Å². The maximum absolute atomic E-state index is 13.3.